The minimum Gasteiger partial charge on any atom is -0.365 e. The van der Waals surface area contributed by atoms with Crippen molar-refractivity contribution in [3.63, 3.8) is 0 Å². The van der Waals surface area contributed by atoms with Gasteiger partial charge in [-0.25, -0.2) is 9.99 Å². The number of amides is 4. The van der Waals surface area contributed by atoms with Crippen LogP contribution in [0.5, 0.6) is 0 Å². The summed E-state index contributed by atoms with van der Waals surface area (Å²) in [6.07, 6.45) is 2.70. The third-order valence-electron chi connectivity index (χ3n) is 7.18. The van der Waals surface area contributed by atoms with Crippen molar-refractivity contribution in [2.24, 2.45) is 17.6 Å². The van der Waals surface area contributed by atoms with E-state index in [9.17, 15) is 19.2 Å². The molecular formula is C25H30N6O4S. The maximum atomic E-state index is 13.6. The van der Waals surface area contributed by atoms with E-state index in [-0.39, 0.29) is 40.1 Å². The molecule has 2 atom stereocenters. The molecule has 0 radical (unpaired) electrons. The highest BCUT2D eigenvalue weighted by Crippen LogP contribution is 2.38. The Hall–Kier alpha value is -3.31. The molecule has 0 bridgehead atoms. The number of rotatable bonds is 7. The van der Waals surface area contributed by atoms with Gasteiger partial charge in [-0.3, -0.25) is 24.2 Å². The maximum absolute atomic E-state index is 13.6. The molecule has 4 amide bonds. The number of hydrazine groups is 1. The molecule has 10 nitrogen and oxygen atoms in total. The molecule has 1 saturated heterocycles. The number of fused-ring (bicyclic) bond motifs is 2. The van der Waals surface area contributed by atoms with Gasteiger partial charge in [0, 0.05) is 33.2 Å². The lowest BCUT2D eigenvalue weighted by atomic mass is 9.97. The van der Waals surface area contributed by atoms with Crippen molar-refractivity contribution in [2.45, 2.75) is 38.8 Å². The number of nitrogens with zero attached hydrogens (tertiary/aromatic N) is 4. The first-order chi connectivity index (χ1) is 17.2. The van der Waals surface area contributed by atoms with Crippen molar-refractivity contribution in [3.8, 4) is 0 Å². The van der Waals surface area contributed by atoms with E-state index in [4.69, 9.17) is 5.73 Å². The van der Waals surface area contributed by atoms with Crippen LogP contribution in [0.25, 0.3) is 0 Å². The zero-order valence-corrected chi connectivity index (χ0v) is 21.2. The molecule has 1 aromatic carbocycles. The van der Waals surface area contributed by atoms with Crippen LogP contribution in [0, 0.1) is 18.8 Å². The van der Waals surface area contributed by atoms with Gasteiger partial charge < -0.3 is 16.0 Å². The predicted molar refractivity (Wildman–Crippen MR) is 133 cm³/mol. The summed E-state index contributed by atoms with van der Waals surface area (Å²) in [7, 11) is 1.62. The summed E-state index contributed by atoms with van der Waals surface area (Å²) in [5.74, 6) is -1.63. The summed E-state index contributed by atoms with van der Waals surface area (Å²) in [6, 6.07) is 6.98. The molecule has 2 fully saturated rings. The number of hydrogen-bond acceptors (Lipinski definition) is 7. The van der Waals surface area contributed by atoms with Gasteiger partial charge in [0.05, 0.1) is 11.6 Å². The summed E-state index contributed by atoms with van der Waals surface area (Å²) in [4.78, 5) is 57.6. The average Bonchev–Trinajstić information content (AvgIpc) is 3.48. The highest BCUT2D eigenvalue weighted by atomic mass is 32.1. The van der Waals surface area contributed by atoms with E-state index in [1.54, 1.807) is 19.0 Å². The van der Waals surface area contributed by atoms with Crippen LogP contribution in [0.1, 0.15) is 61.6 Å². The van der Waals surface area contributed by atoms with E-state index in [0.29, 0.717) is 18.8 Å². The molecule has 2 aliphatic heterocycles. The minimum absolute atomic E-state index is 0.123. The van der Waals surface area contributed by atoms with Gasteiger partial charge in [0.25, 0.3) is 17.7 Å². The van der Waals surface area contributed by atoms with Crippen LogP contribution in [0.15, 0.2) is 24.3 Å². The standard InChI is InChI=1S/C25H30N6O4S/c1-14-20(21(26)32)36-23(27-14)25(35)29(2)13-18(15-8-9-15)22(33)28-19-17-7-4-3-6-16(17)12-30-10-5-11-31(30)24(19)34/h3-4,6-7,15,18-19H,5,8-13H2,1-2H3,(H2,26,32)(H,28,33)/t18-,19-/m0/s1. The quantitative estimate of drug-likeness (QED) is 0.580. The second-order valence-corrected chi connectivity index (χ2v) is 10.8. The van der Waals surface area contributed by atoms with Gasteiger partial charge in [0.1, 0.15) is 10.9 Å². The highest BCUT2D eigenvalue weighted by molar-refractivity contribution is 7.15. The third-order valence-corrected chi connectivity index (χ3v) is 8.34. The number of hydrogen-bond donors (Lipinski definition) is 2. The Bertz CT molecular complexity index is 1220. The van der Waals surface area contributed by atoms with E-state index in [0.717, 1.165) is 48.3 Å². The largest absolute Gasteiger partial charge is 0.365 e. The van der Waals surface area contributed by atoms with Crippen LogP contribution in [-0.4, -0.2) is 70.2 Å². The molecule has 3 heterocycles. The molecule has 36 heavy (non-hydrogen) atoms. The van der Waals surface area contributed by atoms with Crippen LogP contribution >= 0.6 is 11.3 Å². The number of carbonyl (C=O) groups is 4. The Labute approximate surface area is 213 Å². The van der Waals surface area contributed by atoms with E-state index in [1.807, 2.05) is 24.3 Å². The van der Waals surface area contributed by atoms with Crippen LogP contribution in [0.2, 0.25) is 0 Å². The first-order valence-corrected chi connectivity index (χ1v) is 13.0. The lowest BCUT2D eigenvalue weighted by Crippen LogP contribution is -2.48. The smallest absolute Gasteiger partial charge is 0.282 e. The van der Waals surface area contributed by atoms with Gasteiger partial charge in [-0.1, -0.05) is 24.3 Å². The number of nitrogens with one attached hydrogen (secondary N) is 1. The molecule has 5 rings (SSSR count). The Kier molecular flexibility index (Phi) is 6.52. The summed E-state index contributed by atoms with van der Waals surface area (Å²) in [6.45, 7) is 3.92. The van der Waals surface area contributed by atoms with Crippen molar-refractivity contribution >= 4 is 35.0 Å². The second kappa shape index (κ2) is 9.62. The first-order valence-electron chi connectivity index (χ1n) is 12.2. The minimum atomic E-state index is -0.765. The number of nitrogens with two attached hydrogens (primary N) is 1. The van der Waals surface area contributed by atoms with E-state index < -0.39 is 17.9 Å². The Balaban J connectivity index is 1.34. The predicted octanol–water partition coefficient (Wildman–Crippen LogP) is 1.47. The van der Waals surface area contributed by atoms with Crippen molar-refractivity contribution in [2.75, 3.05) is 26.7 Å². The lowest BCUT2D eigenvalue weighted by Gasteiger charge is -2.29. The van der Waals surface area contributed by atoms with E-state index in [1.165, 1.54) is 4.90 Å². The topological polar surface area (TPSA) is 129 Å². The van der Waals surface area contributed by atoms with Gasteiger partial charge in [-0.15, -0.1) is 11.3 Å². The van der Waals surface area contributed by atoms with Crippen molar-refractivity contribution < 1.29 is 19.2 Å². The number of carbonyl (C=O) groups excluding carboxylic acids is 4. The number of aryl methyl sites for hydroxylation is 1. The highest BCUT2D eigenvalue weighted by Gasteiger charge is 2.42. The molecular weight excluding hydrogens is 480 g/mol. The van der Waals surface area contributed by atoms with Crippen LogP contribution in [0.4, 0.5) is 0 Å². The summed E-state index contributed by atoms with van der Waals surface area (Å²) >= 11 is 0.963. The molecule has 1 saturated carbocycles. The second-order valence-electron chi connectivity index (χ2n) is 9.77. The fraction of sp³-hybridized carbons (Fsp3) is 0.480. The molecule has 2 aromatic rings. The fourth-order valence-corrected chi connectivity index (χ4v) is 6.02. The van der Waals surface area contributed by atoms with Crippen LogP contribution < -0.4 is 11.1 Å². The van der Waals surface area contributed by atoms with Crippen molar-refractivity contribution in [3.05, 3.63) is 51.0 Å². The summed E-state index contributed by atoms with van der Waals surface area (Å²) < 4.78 is 0. The molecule has 3 aliphatic rings. The Morgan fingerprint density at radius 3 is 2.69 bits per heavy atom. The monoisotopic (exact) mass is 510 g/mol. The Morgan fingerprint density at radius 2 is 2.00 bits per heavy atom. The molecule has 1 aromatic heterocycles. The maximum Gasteiger partial charge on any atom is 0.282 e. The van der Waals surface area contributed by atoms with Gasteiger partial charge in [0.2, 0.25) is 5.91 Å². The summed E-state index contributed by atoms with van der Waals surface area (Å²) in [5.41, 5.74) is 7.64. The number of benzene rings is 1. The number of thiazole rings is 1. The van der Waals surface area contributed by atoms with Crippen LogP contribution in [-0.2, 0) is 16.1 Å². The SMILES string of the molecule is Cc1nc(C(=O)N(C)C[C@H](C(=O)N[C@@H]2C(=O)N3CCCN3Cc3ccccc32)C2CC2)sc1C(N)=O. The normalized spacial score (nSPS) is 20.3. The molecule has 190 valence electrons. The molecule has 3 N–H and O–H groups in total. The number of primary amides is 1. The van der Waals surface area contributed by atoms with Gasteiger partial charge >= 0.3 is 0 Å². The van der Waals surface area contributed by atoms with Crippen LogP contribution in [0.3, 0.4) is 0 Å². The lowest BCUT2D eigenvalue weighted by molar-refractivity contribution is -0.148. The van der Waals surface area contributed by atoms with Gasteiger partial charge in [-0.05, 0) is 43.2 Å². The zero-order valence-electron chi connectivity index (χ0n) is 20.4. The molecule has 11 heteroatoms. The molecule has 0 unspecified atom stereocenters. The fourth-order valence-electron chi connectivity index (χ4n) is 5.11. The molecule has 1 aliphatic carbocycles. The van der Waals surface area contributed by atoms with Crippen molar-refractivity contribution in [1.29, 1.82) is 0 Å². The van der Waals surface area contributed by atoms with E-state index in [2.05, 4.69) is 15.3 Å². The van der Waals surface area contributed by atoms with Gasteiger partial charge in [-0.2, -0.15) is 0 Å². The zero-order chi connectivity index (χ0) is 25.6. The first kappa shape index (κ1) is 24.4. The van der Waals surface area contributed by atoms with Crippen molar-refractivity contribution in [1.82, 2.24) is 25.2 Å². The number of aromatic nitrogens is 1. The van der Waals surface area contributed by atoms with E-state index >= 15 is 0 Å². The third kappa shape index (κ3) is 4.60. The summed E-state index contributed by atoms with van der Waals surface area (Å²) in [5, 5.41) is 7.02. The molecule has 0 spiro atoms. The average molecular weight is 511 g/mol. The Morgan fingerprint density at radius 1 is 1.25 bits per heavy atom. The van der Waals surface area contributed by atoms with Gasteiger partial charge in [0.15, 0.2) is 5.01 Å².